The van der Waals surface area contributed by atoms with Gasteiger partial charge in [0.2, 0.25) is 0 Å². The van der Waals surface area contributed by atoms with Crippen LogP contribution in [0.3, 0.4) is 0 Å². The predicted octanol–water partition coefficient (Wildman–Crippen LogP) is 2.09. The van der Waals surface area contributed by atoms with E-state index in [4.69, 9.17) is 19.9 Å². The molecule has 0 aromatic heterocycles. The van der Waals surface area contributed by atoms with Crippen LogP contribution in [0.5, 0.6) is 5.75 Å². The summed E-state index contributed by atoms with van der Waals surface area (Å²) in [6.45, 7) is 5.37. The number of nitrogen functional groups attached to an aromatic ring is 1. The molecular weight excluding hydrogens is 218 g/mol. The molecule has 4 heteroatoms. The van der Waals surface area contributed by atoms with Crippen molar-refractivity contribution in [1.82, 2.24) is 0 Å². The largest absolute Gasteiger partial charge is 0.494 e. The van der Waals surface area contributed by atoms with E-state index < -0.39 is 0 Å². The molecule has 1 aromatic rings. The Morgan fingerprint density at radius 1 is 0.941 bits per heavy atom. The van der Waals surface area contributed by atoms with Gasteiger partial charge in [0.25, 0.3) is 0 Å². The maximum absolute atomic E-state index is 5.57. The van der Waals surface area contributed by atoms with Crippen molar-refractivity contribution in [1.29, 1.82) is 0 Å². The Morgan fingerprint density at radius 2 is 1.65 bits per heavy atom. The van der Waals surface area contributed by atoms with E-state index in [2.05, 4.69) is 0 Å². The van der Waals surface area contributed by atoms with E-state index in [1.54, 1.807) is 0 Å². The van der Waals surface area contributed by atoms with E-state index in [0.717, 1.165) is 24.5 Å². The van der Waals surface area contributed by atoms with Gasteiger partial charge in [-0.25, -0.2) is 0 Å². The van der Waals surface area contributed by atoms with Gasteiger partial charge in [0.1, 0.15) is 5.75 Å². The number of hydrogen-bond acceptors (Lipinski definition) is 4. The third-order valence-corrected chi connectivity index (χ3v) is 2.16. The summed E-state index contributed by atoms with van der Waals surface area (Å²) in [6.07, 6.45) is 0.872. The quantitative estimate of drug-likeness (QED) is 0.529. The Kier molecular flexibility index (Phi) is 7.18. The standard InChI is InChI=1S/C13H21NO3/c1-2-15-10-11-16-8-3-9-17-13-6-4-12(14)5-7-13/h4-7H,2-3,8-11,14H2,1H3. The highest BCUT2D eigenvalue weighted by Crippen LogP contribution is 2.12. The second-order valence-electron chi connectivity index (χ2n) is 3.58. The molecule has 0 aliphatic carbocycles. The first-order chi connectivity index (χ1) is 8.33. The summed E-state index contributed by atoms with van der Waals surface area (Å²) in [7, 11) is 0. The third kappa shape index (κ3) is 6.81. The first-order valence-corrected chi connectivity index (χ1v) is 5.96. The van der Waals surface area contributed by atoms with E-state index in [1.165, 1.54) is 0 Å². The second-order valence-corrected chi connectivity index (χ2v) is 3.58. The zero-order chi connectivity index (χ0) is 12.3. The lowest BCUT2D eigenvalue weighted by molar-refractivity contribution is 0.0482. The van der Waals surface area contributed by atoms with Crippen LogP contribution in [0.1, 0.15) is 13.3 Å². The minimum atomic E-state index is 0.649. The Labute approximate surface area is 103 Å². The van der Waals surface area contributed by atoms with Crippen molar-refractivity contribution in [2.45, 2.75) is 13.3 Å². The maximum atomic E-state index is 5.57. The molecule has 96 valence electrons. The van der Waals surface area contributed by atoms with E-state index >= 15 is 0 Å². The molecule has 2 N–H and O–H groups in total. The van der Waals surface area contributed by atoms with Crippen molar-refractivity contribution in [3.8, 4) is 5.75 Å². The smallest absolute Gasteiger partial charge is 0.119 e. The summed E-state index contributed by atoms with van der Waals surface area (Å²) in [5.41, 5.74) is 6.32. The molecule has 0 fully saturated rings. The Balaban J connectivity index is 1.95. The molecule has 17 heavy (non-hydrogen) atoms. The van der Waals surface area contributed by atoms with Crippen LogP contribution in [0.2, 0.25) is 0 Å². The van der Waals surface area contributed by atoms with Crippen molar-refractivity contribution in [2.75, 3.05) is 38.8 Å². The summed E-state index contributed by atoms with van der Waals surface area (Å²) in [6, 6.07) is 7.39. The fourth-order valence-corrected chi connectivity index (χ4v) is 1.28. The third-order valence-electron chi connectivity index (χ3n) is 2.16. The summed E-state index contributed by atoms with van der Waals surface area (Å²) < 4.78 is 16.0. The summed E-state index contributed by atoms with van der Waals surface area (Å²) in [5.74, 6) is 0.841. The Morgan fingerprint density at radius 3 is 2.35 bits per heavy atom. The maximum Gasteiger partial charge on any atom is 0.119 e. The number of rotatable bonds is 9. The molecule has 0 amide bonds. The Bertz CT molecular complexity index is 287. The molecule has 0 aliphatic heterocycles. The topological polar surface area (TPSA) is 53.7 Å². The van der Waals surface area contributed by atoms with Gasteiger partial charge in [-0.05, 0) is 31.2 Å². The second kappa shape index (κ2) is 8.84. The summed E-state index contributed by atoms with van der Waals surface area (Å²) in [4.78, 5) is 0. The van der Waals surface area contributed by atoms with E-state index in [-0.39, 0.29) is 0 Å². The van der Waals surface area contributed by atoms with Crippen LogP contribution in [0.4, 0.5) is 5.69 Å². The summed E-state index contributed by atoms with van der Waals surface area (Å²) in [5, 5.41) is 0. The van der Waals surface area contributed by atoms with E-state index in [9.17, 15) is 0 Å². The van der Waals surface area contributed by atoms with Crippen LogP contribution < -0.4 is 10.5 Å². The average Bonchev–Trinajstić information content (AvgIpc) is 2.35. The summed E-state index contributed by atoms with van der Waals surface area (Å²) >= 11 is 0. The van der Waals surface area contributed by atoms with Crippen molar-refractivity contribution in [2.24, 2.45) is 0 Å². The molecule has 0 unspecified atom stereocenters. The number of ether oxygens (including phenoxy) is 3. The number of anilines is 1. The fraction of sp³-hybridized carbons (Fsp3) is 0.538. The van der Waals surface area contributed by atoms with Crippen LogP contribution in [0, 0.1) is 0 Å². The molecule has 0 radical (unpaired) electrons. The fourth-order valence-electron chi connectivity index (χ4n) is 1.28. The van der Waals surface area contributed by atoms with Crippen molar-refractivity contribution in [3.63, 3.8) is 0 Å². The molecular formula is C13H21NO3. The van der Waals surface area contributed by atoms with Gasteiger partial charge in [0, 0.05) is 25.3 Å². The van der Waals surface area contributed by atoms with E-state index in [0.29, 0.717) is 26.4 Å². The van der Waals surface area contributed by atoms with Crippen LogP contribution in [-0.2, 0) is 9.47 Å². The minimum Gasteiger partial charge on any atom is -0.494 e. The van der Waals surface area contributed by atoms with Gasteiger partial charge in [0.05, 0.1) is 19.8 Å². The average molecular weight is 239 g/mol. The van der Waals surface area contributed by atoms with E-state index in [1.807, 2.05) is 31.2 Å². The van der Waals surface area contributed by atoms with Crippen LogP contribution in [-0.4, -0.2) is 33.0 Å². The van der Waals surface area contributed by atoms with Gasteiger partial charge in [-0.1, -0.05) is 0 Å². The van der Waals surface area contributed by atoms with Crippen LogP contribution in [0.25, 0.3) is 0 Å². The van der Waals surface area contributed by atoms with Crippen LogP contribution in [0.15, 0.2) is 24.3 Å². The minimum absolute atomic E-state index is 0.649. The zero-order valence-corrected chi connectivity index (χ0v) is 10.4. The van der Waals surface area contributed by atoms with Crippen molar-refractivity contribution < 1.29 is 14.2 Å². The number of benzene rings is 1. The van der Waals surface area contributed by atoms with Gasteiger partial charge in [-0.15, -0.1) is 0 Å². The predicted molar refractivity (Wildman–Crippen MR) is 68.3 cm³/mol. The zero-order valence-electron chi connectivity index (χ0n) is 10.4. The SMILES string of the molecule is CCOCCOCCCOc1ccc(N)cc1. The van der Waals surface area contributed by atoms with Gasteiger partial charge >= 0.3 is 0 Å². The molecule has 0 heterocycles. The highest BCUT2D eigenvalue weighted by molar-refractivity contribution is 5.41. The van der Waals surface area contributed by atoms with Gasteiger partial charge < -0.3 is 19.9 Å². The number of nitrogens with two attached hydrogens (primary N) is 1. The molecule has 0 saturated heterocycles. The van der Waals surface area contributed by atoms with Crippen molar-refractivity contribution >= 4 is 5.69 Å². The lowest BCUT2D eigenvalue weighted by atomic mass is 10.3. The normalized spacial score (nSPS) is 10.4. The van der Waals surface area contributed by atoms with Crippen molar-refractivity contribution in [3.05, 3.63) is 24.3 Å². The molecule has 1 rings (SSSR count). The highest BCUT2D eigenvalue weighted by Gasteiger charge is 1.94. The van der Waals surface area contributed by atoms with Gasteiger partial charge in [-0.3, -0.25) is 0 Å². The molecule has 0 spiro atoms. The molecule has 4 nitrogen and oxygen atoms in total. The van der Waals surface area contributed by atoms with Crippen LogP contribution >= 0.6 is 0 Å². The lowest BCUT2D eigenvalue weighted by Crippen LogP contribution is -2.07. The first kappa shape index (κ1) is 13.8. The molecule has 0 atom stereocenters. The van der Waals surface area contributed by atoms with Gasteiger partial charge in [-0.2, -0.15) is 0 Å². The monoisotopic (exact) mass is 239 g/mol. The Hall–Kier alpha value is -1.26. The number of hydrogen-bond donors (Lipinski definition) is 1. The highest BCUT2D eigenvalue weighted by atomic mass is 16.5. The lowest BCUT2D eigenvalue weighted by Gasteiger charge is -2.07. The van der Waals surface area contributed by atoms with Gasteiger partial charge in [0.15, 0.2) is 0 Å². The molecule has 0 saturated carbocycles. The molecule has 0 bridgehead atoms. The first-order valence-electron chi connectivity index (χ1n) is 5.96. The molecule has 1 aromatic carbocycles. The molecule has 0 aliphatic rings.